The van der Waals surface area contributed by atoms with Gasteiger partial charge in [0.05, 0.1) is 13.1 Å². The smallest absolute Gasteiger partial charge is 0.348 e. The van der Waals surface area contributed by atoms with Crippen molar-refractivity contribution < 1.29 is 33.2 Å². The van der Waals surface area contributed by atoms with E-state index in [0.29, 0.717) is 45.2 Å². The topological polar surface area (TPSA) is 111 Å². The molecule has 2 N–H and O–H groups in total. The second kappa shape index (κ2) is 8.46. The van der Waals surface area contributed by atoms with Gasteiger partial charge in [0.15, 0.2) is 18.5 Å². The molecule has 0 spiro atoms. The highest BCUT2D eigenvalue weighted by Crippen LogP contribution is 2.48. The van der Waals surface area contributed by atoms with Crippen LogP contribution in [0.3, 0.4) is 0 Å². The maximum atomic E-state index is 13.7. The summed E-state index contributed by atoms with van der Waals surface area (Å²) in [6.45, 7) is 4.23. The van der Waals surface area contributed by atoms with Crippen LogP contribution >= 0.6 is 0 Å². The quantitative estimate of drug-likeness (QED) is 0.418. The molecule has 2 bridgehead atoms. The molecule has 1 atom stereocenters. The Bertz CT molecular complexity index is 1280. The van der Waals surface area contributed by atoms with Gasteiger partial charge in [0.25, 0.3) is 5.91 Å². The van der Waals surface area contributed by atoms with Crippen LogP contribution in [0.1, 0.15) is 29.7 Å². The van der Waals surface area contributed by atoms with Crippen LogP contribution in [0, 0.1) is 12.8 Å². The van der Waals surface area contributed by atoms with Gasteiger partial charge in [-0.05, 0) is 19.1 Å². The van der Waals surface area contributed by atoms with Crippen molar-refractivity contribution in [3.63, 3.8) is 0 Å². The van der Waals surface area contributed by atoms with Gasteiger partial charge >= 0.3 is 5.97 Å². The molecule has 9 heteroatoms. The number of rotatable bonds is 5. The second-order valence-corrected chi connectivity index (χ2v) is 10.1. The molecule has 36 heavy (non-hydrogen) atoms. The number of para-hydroxylation sites is 2. The van der Waals surface area contributed by atoms with Gasteiger partial charge in [-0.25, -0.2) is 4.79 Å². The van der Waals surface area contributed by atoms with Crippen LogP contribution in [-0.2, 0) is 19.9 Å². The van der Waals surface area contributed by atoms with Gasteiger partial charge < -0.3 is 28.9 Å². The van der Waals surface area contributed by atoms with E-state index >= 15 is 0 Å². The Morgan fingerprint density at radius 2 is 1.75 bits per heavy atom. The molecule has 1 aromatic heterocycles. The van der Waals surface area contributed by atoms with Crippen LogP contribution in [0.4, 0.5) is 5.82 Å². The van der Waals surface area contributed by atoms with E-state index in [0.717, 1.165) is 25.9 Å². The lowest BCUT2D eigenvalue weighted by Gasteiger charge is -2.51. The zero-order valence-electron chi connectivity index (χ0n) is 20.0. The van der Waals surface area contributed by atoms with Crippen molar-refractivity contribution in [1.82, 2.24) is 5.16 Å². The first-order valence-electron chi connectivity index (χ1n) is 12.2. The summed E-state index contributed by atoms with van der Waals surface area (Å²) in [7, 11) is 0. The number of aromatic nitrogens is 1. The minimum Gasteiger partial charge on any atom is -0.457 e. The lowest BCUT2D eigenvalue weighted by molar-refractivity contribution is -0.939. The van der Waals surface area contributed by atoms with E-state index in [1.807, 2.05) is 0 Å². The molecule has 2 aromatic carbocycles. The summed E-state index contributed by atoms with van der Waals surface area (Å²) >= 11 is 0. The third kappa shape index (κ3) is 3.75. The molecular weight excluding hydrogens is 462 g/mol. The molecule has 9 nitrogen and oxygen atoms in total. The van der Waals surface area contributed by atoms with E-state index in [9.17, 15) is 14.7 Å². The number of piperidine rings is 3. The Labute approximate surface area is 208 Å². The largest absolute Gasteiger partial charge is 0.457 e. The SMILES string of the molecule is Cc1cc(NC(=O)C[N+]23CCC(CC2)C(OC(=O)C2(O)c4ccccc4Oc4ccccc42)C3)no1. The Morgan fingerprint density at radius 1 is 1.11 bits per heavy atom. The number of nitrogens with one attached hydrogen (secondary N) is 1. The molecule has 1 unspecified atom stereocenters. The number of esters is 1. The van der Waals surface area contributed by atoms with Gasteiger partial charge in [0.2, 0.25) is 5.60 Å². The van der Waals surface area contributed by atoms with E-state index in [1.165, 1.54) is 0 Å². The van der Waals surface area contributed by atoms with Gasteiger partial charge in [-0.15, -0.1) is 0 Å². The van der Waals surface area contributed by atoms with Gasteiger partial charge in [0.1, 0.15) is 23.8 Å². The lowest BCUT2D eigenvalue weighted by Crippen LogP contribution is -2.66. The molecule has 4 aliphatic rings. The fraction of sp³-hybridized carbons (Fsp3) is 0.370. The standard InChI is InChI=1S/C27H27N3O6/c1-17-14-24(29-36-17)28-25(31)16-30-12-10-18(11-13-30)23(15-30)35-26(32)27(33)19-6-2-4-8-21(19)34-22-9-5-3-7-20(22)27/h2-9,14,18,23,33H,10-13,15-16H2,1H3/p+1. The summed E-state index contributed by atoms with van der Waals surface area (Å²) in [6, 6.07) is 15.6. The van der Waals surface area contributed by atoms with Crippen molar-refractivity contribution in [2.75, 3.05) is 31.5 Å². The molecule has 4 aliphatic heterocycles. The average molecular weight is 491 g/mol. The average Bonchev–Trinajstić information content (AvgIpc) is 3.28. The number of fused-ring (bicyclic) bond motifs is 5. The fourth-order valence-electron chi connectivity index (χ4n) is 5.90. The molecule has 0 aliphatic carbocycles. The van der Waals surface area contributed by atoms with Crippen molar-refractivity contribution in [2.45, 2.75) is 31.5 Å². The molecule has 0 radical (unpaired) electrons. The zero-order chi connectivity index (χ0) is 24.9. The first-order chi connectivity index (χ1) is 17.4. The van der Waals surface area contributed by atoms with E-state index in [4.69, 9.17) is 14.0 Å². The van der Waals surface area contributed by atoms with Crippen molar-refractivity contribution in [3.8, 4) is 11.5 Å². The first kappa shape index (κ1) is 22.8. The van der Waals surface area contributed by atoms with Gasteiger partial charge in [0, 0.05) is 36.0 Å². The van der Waals surface area contributed by atoms with E-state index < -0.39 is 17.7 Å². The molecule has 0 saturated carbocycles. The van der Waals surface area contributed by atoms with Crippen LogP contribution in [0.15, 0.2) is 59.1 Å². The lowest BCUT2D eigenvalue weighted by atomic mass is 9.81. The number of benzene rings is 2. The number of aliphatic hydroxyl groups is 1. The molecule has 1 amide bonds. The molecule has 7 rings (SSSR count). The minimum absolute atomic E-state index is 0.153. The number of carbonyl (C=O) groups is 2. The number of ether oxygens (including phenoxy) is 2. The number of aryl methyl sites for hydroxylation is 1. The number of hydrogen-bond donors (Lipinski definition) is 2. The summed E-state index contributed by atoms with van der Waals surface area (Å²) in [6.07, 6.45) is 1.31. The molecule has 3 saturated heterocycles. The first-order valence-corrected chi connectivity index (χ1v) is 12.2. The third-order valence-electron chi connectivity index (χ3n) is 7.74. The minimum atomic E-state index is -1.98. The fourth-order valence-corrected chi connectivity index (χ4v) is 5.90. The monoisotopic (exact) mass is 490 g/mol. The third-order valence-corrected chi connectivity index (χ3v) is 7.74. The summed E-state index contributed by atoms with van der Waals surface area (Å²) in [5.41, 5.74) is -1.26. The van der Waals surface area contributed by atoms with Crippen LogP contribution in [-0.4, -0.2) is 58.9 Å². The van der Waals surface area contributed by atoms with E-state index in [-0.39, 0.29) is 18.4 Å². The number of quaternary nitrogens is 1. The number of carbonyl (C=O) groups excluding carboxylic acids is 2. The van der Waals surface area contributed by atoms with Crippen molar-refractivity contribution in [3.05, 3.63) is 71.5 Å². The second-order valence-electron chi connectivity index (χ2n) is 10.1. The Hall–Kier alpha value is -3.69. The maximum absolute atomic E-state index is 13.7. The molecule has 5 heterocycles. The number of amides is 1. The Balaban J connectivity index is 1.23. The number of nitrogens with zero attached hydrogens (tertiary/aromatic N) is 2. The molecular formula is C27H28N3O6+. The summed E-state index contributed by atoms with van der Waals surface area (Å²) in [5, 5.41) is 18.5. The van der Waals surface area contributed by atoms with Gasteiger partial charge in [-0.1, -0.05) is 41.6 Å². The predicted octanol–water partition coefficient (Wildman–Crippen LogP) is 3.12. The van der Waals surface area contributed by atoms with Crippen molar-refractivity contribution in [1.29, 1.82) is 0 Å². The van der Waals surface area contributed by atoms with Gasteiger partial charge in [-0.2, -0.15) is 0 Å². The zero-order valence-corrected chi connectivity index (χ0v) is 20.0. The van der Waals surface area contributed by atoms with Crippen LogP contribution < -0.4 is 10.1 Å². The molecule has 3 aromatic rings. The van der Waals surface area contributed by atoms with Crippen LogP contribution in [0.25, 0.3) is 0 Å². The van der Waals surface area contributed by atoms with E-state index in [2.05, 4.69) is 10.5 Å². The molecule has 186 valence electrons. The Morgan fingerprint density at radius 3 is 2.36 bits per heavy atom. The maximum Gasteiger partial charge on any atom is 0.348 e. The summed E-state index contributed by atoms with van der Waals surface area (Å²) in [4.78, 5) is 26.5. The van der Waals surface area contributed by atoms with Crippen LogP contribution in [0.5, 0.6) is 11.5 Å². The molecule has 3 fully saturated rings. The van der Waals surface area contributed by atoms with Crippen molar-refractivity contribution >= 4 is 17.7 Å². The summed E-state index contributed by atoms with van der Waals surface area (Å²) < 4.78 is 17.6. The highest BCUT2D eigenvalue weighted by atomic mass is 16.6. The number of hydrogen-bond acceptors (Lipinski definition) is 7. The normalized spacial score (nSPS) is 25.3. The summed E-state index contributed by atoms with van der Waals surface area (Å²) in [5.74, 6) is 1.19. The highest BCUT2D eigenvalue weighted by Gasteiger charge is 2.53. The van der Waals surface area contributed by atoms with Crippen LogP contribution in [0.2, 0.25) is 0 Å². The van der Waals surface area contributed by atoms with E-state index in [1.54, 1.807) is 61.5 Å². The number of anilines is 1. The van der Waals surface area contributed by atoms with Gasteiger partial charge in [-0.3, -0.25) is 4.79 Å². The predicted molar refractivity (Wildman–Crippen MR) is 128 cm³/mol. The highest BCUT2D eigenvalue weighted by molar-refractivity contribution is 5.91. The van der Waals surface area contributed by atoms with Crippen molar-refractivity contribution in [2.24, 2.45) is 5.92 Å². The Kier molecular flexibility index (Phi) is 5.35.